The average Bonchev–Trinajstić information content (AvgIpc) is 2.35. The zero-order chi connectivity index (χ0) is 16.3. The van der Waals surface area contributed by atoms with Crippen LogP contribution in [0.1, 0.15) is 18.4 Å². The second-order valence-corrected chi connectivity index (χ2v) is 3.95. The van der Waals surface area contributed by atoms with Gasteiger partial charge in [0, 0.05) is 18.2 Å². The maximum atomic E-state index is 12.9. The quantitative estimate of drug-likeness (QED) is 0.819. The summed E-state index contributed by atoms with van der Waals surface area (Å²) in [6, 6.07) is 1.25. The first-order valence-corrected chi connectivity index (χ1v) is 5.47. The maximum Gasteiger partial charge on any atom is 0.458 e. The number of hydrogen-bond donors (Lipinski definition) is 2. The third-order valence-corrected chi connectivity index (χ3v) is 2.32. The minimum atomic E-state index is -5.75. The van der Waals surface area contributed by atoms with Crippen LogP contribution in [0.25, 0.3) is 0 Å². The van der Waals surface area contributed by atoms with E-state index in [1.165, 1.54) is 0 Å². The van der Waals surface area contributed by atoms with Gasteiger partial charge in [0.15, 0.2) is 0 Å². The molecule has 1 heterocycles. The largest absolute Gasteiger partial charge is 0.481 e. The van der Waals surface area contributed by atoms with Crippen molar-refractivity contribution >= 4 is 17.7 Å². The highest BCUT2D eigenvalue weighted by molar-refractivity contribution is 5.91. The minimum Gasteiger partial charge on any atom is -0.481 e. The number of nitrogens with zero attached hydrogens (tertiary/aromatic N) is 1. The molecule has 1 amide bonds. The number of amides is 1. The van der Waals surface area contributed by atoms with E-state index in [1.54, 1.807) is 0 Å². The normalized spacial score (nSPS) is 12.0. The molecule has 0 saturated carbocycles. The minimum absolute atomic E-state index is 0.257. The van der Waals surface area contributed by atoms with Crippen LogP contribution in [0.5, 0.6) is 0 Å². The Bertz CT molecular complexity index is 528. The molecule has 0 radical (unpaired) electrons. The van der Waals surface area contributed by atoms with E-state index in [-0.39, 0.29) is 12.2 Å². The smallest absolute Gasteiger partial charge is 0.458 e. The Morgan fingerprint density at radius 1 is 1.14 bits per heavy atom. The summed E-state index contributed by atoms with van der Waals surface area (Å²) in [5, 5.41) is 10.4. The van der Waals surface area contributed by atoms with Crippen LogP contribution in [-0.4, -0.2) is 28.1 Å². The first-order valence-electron chi connectivity index (χ1n) is 5.47. The van der Waals surface area contributed by atoms with Crippen LogP contribution in [0.4, 0.5) is 27.8 Å². The summed E-state index contributed by atoms with van der Waals surface area (Å²) in [6.07, 6.45) is -6.28. The number of alkyl halides is 5. The molecule has 2 N–H and O–H groups in total. The molecule has 0 unspecified atom stereocenters. The Morgan fingerprint density at radius 3 is 2.19 bits per heavy atom. The van der Waals surface area contributed by atoms with Crippen LogP contribution in [0.15, 0.2) is 18.3 Å². The van der Waals surface area contributed by atoms with Gasteiger partial charge in [-0.15, -0.1) is 0 Å². The number of rotatable bonds is 5. The van der Waals surface area contributed by atoms with Crippen LogP contribution < -0.4 is 5.32 Å². The van der Waals surface area contributed by atoms with Crippen molar-refractivity contribution in [1.29, 1.82) is 0 Å². The molecular weight excluding hydrogens is 303 g/mol. The summed E-state index contributed by atoms with van der Waals surface area (Å²) in [4.78, 5) is 24.7. The van der Waals surface area contributed by atoms with E-state index in [0.717, 1.165) is 6.07 Å². The van der Waals surface area contributed by atoms with E-state index in [0.29, 0.717) is 12.3 Å². The van der Waals surface area contributed by atoms with Crippen LogP contribution in [0.2, 0.25) is 0 Å². The molecule has 116 valence electrons. The molecule has 1 aromatic heterocycles. The van der Waals surface area contributed by atoms with Gasteiger partial charge >= 0.3 is 18.1 Å². The van der Waals surface area contributed by atoms with Crippen LogP contribution in [0, 0.1) is 0 Å². The lowest BCUT2D eigenvalue weighted by molar-refractivity contribution is -0.289. The third-order valence-electron chi connectivity index (χ3n) is 2.32. The van der Waals surface area contributed by atoms with Gasteiger partial charge in [0.1, 0.15) is 5.82 Å². The van der Waals surface area contributed by atoms with Gasteiger partial charge in [-0.1, -0.05) is 0 Å². The summed E-state index contributed by atoms with van der Waals surface area (Å²) >= 11 is 0. The van der Waals surface area contributed by atoms with Gasteiger partial charge < -0.3 is 10.4 Å². The highest BCUT2D eigenvalue weighted by Crippen LogP contribution is 2.43. The van der Waals surface area contributed by atoms with Gasteiger partial charge in [0.05, 0.1) is 6.42 Å². The lowest BCUT2D eigenvalue weighted by Crippen LogP contribution is -2.33. The number of carboxylic acids is 1. The van der Waals surface area contributed by atoms with Crippen molar-refractivity contribution in [3.8, 4) is 0 Å². The number of carbonyl (C=O) groups excluding carboxylic acids is 1. The molecule has 10 heteroatoms. The van der Waals surface area contributed by atoms with Gasteiger partial charge in [-0.05, 0) is 12.1 Å². The molecule has 0 fully saturated rings. The monoisotopic (exact) mass is 312 g/mol. The van der Waals surface area contributed by atoms with Crippen molar-refractivity contribution in [1.82, 2.24) is 4.98 Å². The predicted octanol–water partition coefficient (Wildman–Crippen LogP) is 2.54. The average molecular weight is 312 g/mol. The SMILES string of the molecule is O=C(O)CCC(=O)Nc1ccc(C(F)(F)C(F)(F)F)cn1. The predicted molar refractivity (Wildman–Crippen MR) is 59.7 cm³/mol. The Labute approximate surface area is 114 Å². The molecular formula is C11H9F5N2O3. The zero-order valence-electron chi connectivity index (χ0n) is 10.2. The third kappa shape index (κ3) is 4.36. The highest BCUT2D eigenvalue weighted by atomic mass is 19.4. The molecule has 0 bridgehead atoms. The number of carboxylic acid groups (broad SMARTS) is 1. The Hall–Kier alpha value is -2.26. The fourth-order valence-corrected chi connectivity index (χ4v) is 1.24. The fourth-order valence-electron chi connectivity index (χ4n) is 1.24. The summed E-state index contributed by atoms with van der Waals surface area (Å²) in [5.41, 5.74) is -1.36. The Kier molecular flexibility index (Phi) is 4.81. The van der Waals surface area contributed by atoms with Crippen molar-refractivity contribution in [3.05, 3.63) is 23.9 Å². The number of carbonyl (C=O) groups is 2. The number of aromatic nitrogens is 1. The Balaban J connectivity index is 2.75. The highest BCUT2D eigenvalue weighted by Gasteiger charge is 2.58. The van der Waals surface area contributed by atoms with Gasteiger partial charge in [0.25, 0.3) is 0 Å². The number of anilines is 1. The topological polar surface area (TPSA) is 79.3 Å². The van der Waals surface area contributed by atoms with Gasteiger partial charge in [-0.3, -0.25) is 9.59 Å². The van der Waals surface area contributed by atoms with E-state index in [2.05, 4.69) is 10.3 Å². The van der Waals surface area contributed by atoms with E-state index >= 15 is 0 Å². The van der Waals surface area contributed by atoms with E-state index in [1.807, 2.05) is 0 Å². The van der Waals surface area contributed by atoms with Crippen LogP contribution in [0.3, 0.4) is 0 Å². The molecule has 1 rings (SSSR count). The lowest BCUT2D eigenvalue weighted by Gasteiger charge is -2.19. The number of hydrogen-bond acceptors (Lipinski definition) is 3. The van der Waals surface area contributed by atoms with Crippen molar-refractivity contribution in [2.75, 3.05) is 5.32 Å². The molecule has 0 saturated heterocycles. The number of pyridine rings is 1. The van der Waals surface area contributed by atoms with Crippen LogP contribution in [-0.2, 0) is 15.5 Å². The molecule has 0 aliphatic heterocycles. The summed E-state index contributed by atoms with van der Waals surface area (Å²) in [6.45, 7) is 0. The number of halogens is 5. The van der Waals surface area contributed by atoms with Crippen molar-refractivity contribution in [2.45, 2.75) is 24.9 Å². The van der Waals surface area contributed by atoms with E-state index < -0.39 is 36.0 Å². The fraction of sp³-hybridized carbons (Fsp3) is 0.364. The molecule has 21 heavy (non-hydrogen) atoms. The standard InChI is InChI=1S/C11H9F5N2O3/c12-10(13,11(14,15)16)6-1-2-7(17-5-6)18-8(19)3-4-9(20)21/h1-2,5H,3-4H2,(H,20,21)(H,17,18,19). The van der Waals surface area contributed by atoms with Crippen LogP contribution >= 0.6 is 0 Å². The zero-order valence-corrected chi connectivity index (χ0v) is 10.2. The maximum absolute atomic E-state index is 12.9. The molecule has 0 aliphatic carbocycles. The van der Waals surface area contributed by atoms with E-state index in [9.17, 15) is 31.5 Å². The molecule has 5 nitrogen and oxygen atoms in total. The first kappa shape index (κ1) is 16.8. The first-order chi connectivity index (χ1) is 9.54. The summed E-state index contributed by atoms with van der Waals surface area (Å²) < 4.78 is 62.2. The van der Waals surface area contributed by atoms with Gasteiger partial charge in [-0.2, -0.15) is 22.0 Å². The van der Waals surface area contributed by atoms with E-state index in [4.69, 9.17) is 5.11 Å². The second kappa shape index (κ2) is 6.02. The molecule has 0 aliphatic rings. The molecule has 0 spiro atoms. The molecule has 0 atom stereocenters. The van der Waals surface area contributed by atoms with Gasteiger partial charge in [-0.25, -0.2) is 4.98 Å². The lowest BCUT2D eigenvalue weighted by atomic mass is 10.1. The summed E-state index contributed by atoms with van der Waals surface area (Å²) in [7, 11) is 0. The second-order valence-electron chi connectivity index (χ2n) is 3.95. The summed E-state index contributed by atoms with van der Waals surface area (Å²) in [5.74, 6) is -7.27. The van der Waals surface area contributed by atoms with Crippen molar-refractivity contribution in [2.24, 2.45) is 0 Å². The van der Waals surface area contributed by atoms with Crippen molar-refractivity contribution in [3.63, 3.8) is 0 Å². The van der Waals surface area contributed by atoms with Gasteiger partial charge in [0.2, 0.25) is 5.91 Å². The van der Waals surface area contributed by atoms with Crippen molar-refractivity contribution < 1.29 is 36.6 Å². The number of nitrogens with one attached hydrogen (secondary N) is 1. The molecule has 0 aromatic carbocycles. The Morgan fingerprint density at radius 2 is 1.76 bits per heavy atom. The molecule has 1 aromatic rings. The number of aliphatic carboxylic acids is 1.